The van der Waals surface area contributed by atoms with Crippen molar-refractivity contribution in [2.75, 3.05) is 20.6 Å². The van der Waals surface area contributed by atoms with E-state index in [0.717, 1.165) is 0 Å². The molecular weight excluding hydrogens is 236 g/mol. The van der Waals surface area contributed by atoms with Gasteiger partial charge in [-0.1, -0.05) is 15.9 Å². The molecule has 0 aliphatic rings. The van der Waals surface area contributed by atoms with Gasteiger partial charge in [0.25, 0.3) is 0 Å². The third kappa shape index (κ3) is 4.87. The molecule has 1 atom stereocenters. The van der Waals surface area contributed by atoms with Crippen LogP contribution in [0.5, 0.6) is 0 Å². The molecule has 13 heavy (non-hydrogen) atoms. The van der Waals surface area contributed by atoms with E-state index in [4.69, 9.17) is 0 Å². The van der Waals surface area contributed by atoms with E-state index in [1.807, 2.05) is 0 Å². The number of nitrogens with one attached hydrogen (secondary N) is 1. The minimum atomic E-state index is -0.192. The van der Waals surface area contributed by atoms with Crippen LogP contribution in [0, 0.1) is 0 Å². The summed E-state index contributed by atoms with van der Waals surface area (Å²) in [6, 6.07) is 0. The van der Waals surface area contributed by atoms with Gasteiger partial charge in [0.2, 0.25) is 11.8 Å². The Morgan fingerprint density at radius 2 is 2.08 bits per heavy atom. The van der Waals surface area contributed by atoms with Gasteiger partial charge in [-0.3, -0.25) is 9.59 Å². The summed E-state index contributed by atoms with van der Waals surface area (Å²) in [7, 11) is 3.26. The third-order valence-electron chi connectivity index (χ3n) is 1.67. The maximum atomic E-state index is 11.3. The predicted molar refractivity (Wildman–Crippen MR) is 54.7 cm³/mol. The predicted octanol–water partition coefficient (Wildman–Crippen LogP) is 0.364. The van der Waals surface area contributed by atoms with Gasteiger partial charge in [0.1, 0.15) is 0 Å². The molecular formula is C8H15BrN2O2. The van der Waals surface area contributed by atoms with Crippen molar-refractivity contribution in [2.24, 2.45) is 0 Å². The average Bonchev–Trinajstić information content (AvgIpc) is 2.11. The fraction of sp³-hybridized carbons (Fsp3) is 0.750. The van der Waals surface area contributed by atoms with Gasteiger partial charge >= 0.3 is 0 Å². The van der Waals surface area contributed by atoms with Gasteiger partial charge in [-0.15, -0.1) is 0 Å². The molecule has 0 radical (unpaired) electrons. The maximum absolute atomic E-state index is 11.3. The number of alkyl halides is 1. The highest BCUT2D eigenvalue weighted by molar-refractivity contribution is 9.10. The quantitative estimate of drug-likeness (QED) is 0.733. The van der Waals surface area contributed by atoms with E-state index in [1.165, 1.54) is 4.90 Å². The molecule has 0 saturated heterocycles. The van der Waals surface area contributed by atoms with E-state index >= 15 is 0 Å². The highest BCUT2D eigenvalue weighted by atomic mass is 79.9. The van der Waals surface area contributed by atoms with Gasteiger partial charge in [-0.2, -0.15) is 0 Å². The SMILES string of the molecule is CNC(=O)CCN(C)C(=O)C(C)Br. The van der Waals surface area contributed by atoms with E-state index in [2.05, 4.69) is 21.2 Å². The molecule has 0 aliphatic heterocycles. The Bertz CT molecular complexity index is 195. The molecule has 0 fully saturated rings. The van der Waals surface area contributed by atoms with Gasteiger partial charge in [0.05, 0.1) is 4.83 Å². The van der Waals surface area contributed by atoms with Crippen molar-refractivity contribution >= 4 is 27.7 Å². The van der Waals surface area contributed by atoms with Gasteiger partial charge in [-0.05, 0) is 6.92 Å². The van der Waals surface area contributed by atoms with Gasteiger partial charge in [0, 0.05) is 27.1 Å². The Labute approximate surface area is 86.8 Å². The zero-order valence-corrected chi connectivity index (χ0v) is 9.72. The van der Waals surface area contributed by atoms with Crippen molar-refractivity contribution < 1.29 is 9.59 Å². The number of nitrogens with zero attached hydrogens (tertiary/aromatic N) is 1. The largest absolute Gasteiger partial charge is 0.359 e. The highest BCUT2D eigenvalue weighted by Crippen LogP contribution is 2.02. The summed E-state index contributed by atoms with van der Waals surface area (Å²) in [6.45, 7) is 2.22. The zero-order chi connectivity index (χ0) is 10.4. The molecule has 0 rings (SSSR count). The lowest BCUT2D eigenvalue weighted by Crippen LogP contribution is -2.35. The number of amides is 2. The van der Waals surface area contributed by atoms with Crippen LogP contribution in [0.15, 0.2) is 0 Å². The first-order chi connectivity index (χ1) is 5.99. The summed E-state index contributed by atoms with van der Waals surface area (Å²) in [5, 5.41) is 2.50. The van der Waals surface area contributed by atoms with E-state index in [-0.39, 0.29) is 16.6 Å². The number of rotatable bonds is 4. The lowest BCUT2D eigenvalue weighted by molar-refractivity contribution is -0.129. The molecule has 1 unspecified atom stereocenters. The van der Waals surface area contributed by atoms with Crippen LogP contribution in [0.1, 0.15) is 13.3 Å². The van der Waals surface area contributed by atoms with E-state index in [9.17, 15) is 9.59 Å². The van der Waals surface area contributed by atoms with Crippen molar-refractivity contribution in [3.63, 3.8) is 0 Å². The molecule has 76 valence electrons. The van der Waals surface area contributed by atoms with Crippen molar-refractivity contribution in [2.45, 2.75) is 18.2 Å². The molecule has 0 saturated carbocycles. The molecule has 0 aromatic heterocycles. The van der Waals surface area contributed by atoms with Crippen LogP contribution >= 0.6 is 15.9 Å². The van der Waals surface area contributed by atoms with Crippen LogP contribution in [0.3, 0.4) is 0 Å². The van der Waals surface area contributed by atoms with Crippen LogP contribution in [0.25, 0.3) is 0 Å². The molecule has 0 heterocycles. The van der Waals surface area contributed by atoms with Gasteiger partial charge in [0.15, 0.2) is 0 Å². The standard InChI is InChI=1S/C8H15BrN2O2/c1-6(9)8(13)11(3)5-4-7(12)10-2/h6H,4-5H2,1-3H3,(H,10,12). The normalized spacial score (nSPS) is 12.0. The summed E-state index contributed by atoms with van der Waals surface area (Å²) in [5.74, 6) is -0.0641. The Morgan fingerprint density at radius 3 is 2.46 bits per heavy atom. The summed E-state index contributed by atoms with van der Waals surface area (Å²) in [5.41, 5.74) is 0. The first kappa shape index (κ1) is 12.4. The Balaban J connectivity index is 3.81. The van der Waals surface area contributed by atoms with Crippen molar-refractivity contribution in [1.29, 1.82) is 0 Å². The first-order valence-electron chi connectivity index (χ1n) is 4.08. The molecule has 0 aliphatic carbocycles. The average molecular weight is 251 g/mol. The third-order valence-corrected chi connectivity index (χ3v) is 2.06. The van der Waals surface area contributed by atoms with Crippen LogP contribution in [0.2, 0.25) is 0 Å². The van der Waals surface area contributed by atoms with E-state index in [0.29, 0.717) is 13.0 Å². The summed E-state index contributed by atoms with van der Waals surface area (Å²) in [6.07, 6.45) is 0.346. The van der Waals surface area contributed by atoms with Crippen molar-refractivity contribution in [1.82, 2.24) is 10.2 Å². The van der Waals surface area contributed by atoms with Gasteiger partial charge < -0.3 is 10.2 Å². The molecule has 0 spiro atoms. The van der Waals surface area contributed by atoms with Crippen LogP contribution in [0.4, 0.5) is 0 Å². The molecule has 2 amide bonds. The second-order valence-corrected chi connectivity index (χ2v) is 4.17. The monoisotopic (exact) mass is 250 g/mol. The summed E-state index contributed by atoms with van der Waals surface area (Å²) >= 11 is 3.17. The number of hydrogen-bond donors (Lipinski definition) is 1. The minimum absolute atomic E-state index is 0.0103. The summed E-state index contributed by atoms with van der Waals surface area (Å²) < 4.78 is 0. The number of hydrogen-bond acceptors (Lipinski definition) is 2. The zero-order valence-electron chi connectivity index (χ0n) is 8.13. The number of carbonyl (C=O) groups is 2. The lowest BCUT2D eigenvalue weighted by atomic mass is 10.3. The topological polar surface area (TPSA) is 49.4 Å². The molecule has 0 bridgehead atoms. The smallest absolute Gasteiger partial charge is 0.235 e. The Hall–Kier alpha value is -0.580. The van der Waals surface area contributed by atoms with Crippen molar-refractivity contribution in [3.8, 4) is 0 Å². The molecule has 0 aromatic carbocycles. The fourth-order valence-electron chi connectivity index (χ4n) is 0.808. The minimum Gasteiger partial charge on any atom is -0.359 e. The first-order valence-corrected chi connectivity index (χ1v) is 5.00. The van der Waals surface area contributed by atoms with Crippen molar-refractivity contribution in [3.05, 3.63) is 0 Å². The molecule has 5 heteroatoms. The van der Waals surface area contributed by atoms with E-state index < -0.39 is 0 Å². The van der Waals surface area contributed by atoms with Gasteiger partial charge in [-0.25, -0.2) is 0 Å². The van der Waals surface area contributed by atoms with Crippen LogP contribution in [-0.4, -0.2) is 42.2 Å². The Kier molecular flexibility index (Phi) is 5.70. The summed E-state index contributed by atoms with van der Waals surface area (Å²) in [4.78, 5) is 23.5. The van der Waals surface area contributed by atoms with E-state index in [1.54, 1.807) is 21.0 Å². The van der Waals surface area contributed by atoms with Crippen LogP contribution < -0.4 is 5.32 Å². The lowest BCUT2D eigenvalue weighted by Gasteiger charge is -2.17. The Morgan fingerprint density at radius 1 is 1.54 bits per heavy atom. The maximum Gasteiger partial charge on any atom is 0.235 e. The highest BCUT2D eigenvalue weighted by Gasteiger charge is 2.14. The molecule has 1 N–H and O–H groups in total. The second-order valence-electron chi connectivity index (χ2n) is 2.80. The fourth-order valence-corrected chi connectivity index (χ4v) is 1.16. The molecule has 4 nitrogen and oxygen atoms in total. The number of halogens is 1. The molecule has 0 aromatic rings. The number of carbonyl (C=O) groups excluding carboxylic acids is 2. The van der Waals surface area contributed by atoms with Crippen LogP contribution in [-0.2, 0) is 9.59 Å². The second kappa shape index (κ2) is 5.96.